The Morgan fingerprint density at radius 2 is 1.78 bits per heavy atom. The van der Waals surface area contributed by atoms with E-state index in [1.54, 1.807) is 0 Å². The topological polar surface area (TPSA) is 32.3 Å². The smallest absolute Gasteiger partial charge is 0.225 e. The summed E-state index contributed by atoms with van der Waals surface area (Å²) in [5.41, 5.74) is 0. The van der Waals surface area contributed by atoms with Crippen LogP contribution in [0, 0.1) is 11.8 Å². The van der Waals surface area contributed by atoms with Gasteiger partial charge in [0.15, 0.2) is 0 Å². The molecule has 1 saturated heterocycles. The lowest BCUT2D eigenvalue weighted by atomic mass is 10.0. The quantitative estimate of drug-likeness (QED) is 0.833. The van der Waals surface area contributed by atoms with Crippen molar-refractivity contribution in [3.8, 4) is 0 Å². The Kier molecular flexibility index (Phi) is 5.04. The van der Waals surface area contributed by atoms with Crippen molar-refractivity contribution in [3.05, 3.63) is 0 Å². The Morgan fingerprint density at radius 3 is 2.33 bits per heavy atom. The molecule has 18 heavy (non-hydrogen) atoms. The number of hydrogen-bond donors (Lipinski definition) is 1. The average molecular weight is 252 g/mol. The summed E-state index contributed by atoms with van der Waals surface area (Å²) in [7, 11) is 0. The Hall–Kier alpha value is -0.570. The largest absolute Gasteiger partial charge is 0.342 e. The van der Waals surface area contributed by atoms with Crippen molar-refractivity contribution in [2.45, 2.75) is 58.4 Å². The van der Waals surface area contributed by atoms with Gasteiger partial charge in [-0.15, -0.1) is 0 Å². The highest BCUT2D eigenvalue weighted by molar-refractivity contribution is 5.78. The lowest BCUT2D eigenvalue weighted by Crippen LogP contribution is -2.46. The van der Waals surface area contributed by atoms with Crippen LogP contribution in [0.3, 0.4) is 0 Å². The fraction of sp³-hybridized carbons (Fsp3) is 0.933. The van der Waals surface area contributed by atoms with E-state index in [-0.39, 0.29) is 5.92 Å². The minimum Gasteiger partial charge on any atom is -0.342 e. The van der Waals surface area contributed by atoms with Crippen molar-refractivity contribution >= 4 is 5.91 Å². The number of amides is 1. The summed E-state index contributed by atoms with van der Waals surface area (Å²) in [6.45, 7) is 7.07. The van der Waals surface area contributed by atoms with Crippen LogP contribution in [0.25, 0.3) is 0 Å². The van der Waals surface area contributed by atoms with E-state index in [0.717, 1.165) is 31.8 Å². The van der Waals surface area contributed by atoms with E-state index in [0.29, 0.717) is 11.9 Å². The van der Waals surface area contributed by atoms with Gasteiger partial charge >= 0.3 is 0 Å². The third kappa shape index (κ3) is 3.71. The van der Waals surface area contributed by atoms with E-state index in [4.69, 9.17) is 0 Å². The third-order valence-electron chi connectivity index (χ3n) is 4.47. The van der Waals surface area contributed by atoms with Gasteiger partial charge in [0.2, 0.25) is 5.91 Å². The first-order chi connectivity index (χ1) is 8.66. The number of carbonyl (C=O) groups is 1. The van der Waals surface area contributed by atoms with Gasteiger partial charge in [-0.2, -0.15) is 0 Å². The van der Waals surface area contributed by atoms with Gasteiger partial charge in [-0.25, -0.2) is 0 Å². The summed E-state index contributed by atoms with van der Waals surface area (Å²) >= 11 is 0. The van der Waals surface area contributed by atoms with Crippen LogP contribution in [0.1, 0.15) is 52.4 Å². The van der Waals surface area contributed by atoms with Crippen LogP contribution in [0.2, 0.25) is 0 Å². The van der Waals surface area contributed by atoms with E-state index >= 15 is 0 Å². The number of rotatable bonds is 4. The summed E-state index contributed by atoms with van der Waals surface area (Å²) in [6.07, 6.45) is 7.94. The SMILES string of the molecule is CC(C)C(=O)N1CCC(NCC2CCCC2)CC1. The van der Waals surface area contributed by atoms with Gasteiger partial charge in [-0.1, -0.05) is 26.7 Å². The standard InChI is InChI=1S/C15H28N2O/c1-12(2)15(18)17-9-7-14(8-10-17)16-11-13-5-3-4-6-13/h12-14,16H,3-11H2,1-2H3. The molecule has 1 saturated carbocycles. The number of carbonyl (C=O) groups excluding carboxylic acids is 1. The van der Waals surface area contributed by atoms with E-state index in [2.05, 4.69) is 5.32 Å². The molecule has 0 spiro atoms. The van der Waals surface area contributed by atoms with Crippen LogP contribution in [0.5, 0.6) is 0 Å². The van der Waals surface area contributed by atoms with Crippen molar-refractivity contribution in [3.63, 3.8) is 0 Å². The normalized spacial score (nSPS) is 22.9. The second kappa shape index (κ2) is 6.55. The van der Waals surface area contributed by atoms with Crippen LogP contribution in [0.15, 0.2) is 0 Å². The Bertz CT molecular complexity index is 264. The molecule has 1 N–H and O–H groups in total. The minimum atomic E-state index is 0.146. The van der Waals surface area contributed by atoms with Gasteiger partial charge in [0.1, 0.15) is 0 Å². The van der Waals surface area contributed by atoms with Crippen LogP contribution >= 0.6 is 0 Å². The summed E-state index contributed by atoms with van der Waals surface area (Å²) in [5, 5.41) is 3.71. The fourth-order valence-electron chi connectivity index (χ4n) is 3.22. The molecule has 0 radical (unpaired) electrons. The monoisotopic (exact) mass is 252 g/mol. The molecule has 1 aliphatic heterocycles. The molecule has 3 nitrogen and oxygen atoms in total. The molecule has 2 rings (SSSR count). The van der Waals surface area contributed by atoms with Crippen LogP contribution in [-0.4, -0.2) is 36.5 Å². The van der Waals surface area contributed by atoms with E-state index in [1.807, 2.05) is 18.7 Å². The van der Waals surface area contributed by atoms with Crippen molar-refractivity contribution in [2.24, 2.45) is 11.8 Å². The van der Waals surface area contributed by atoms with E-state index < -0.39 is 0 Å². The second-order valence-electron chi connectivity index (χ2n) is 6.31. The highest BCUT2D eigenvalue weighted by atomic mass is 16.2. The molecule has 3 heteroatoms. The second-order valence-corrected chi connectivity index (χ2v) is 6.31. The van der Waals surface area contributed by atoms with Crippen LogP contribution < -0.4 is 5.32 Å². The first-order valence-corrected chi connectivity index (χ1v) is 7.69. The van der Waals surface area contributed by atoms with Crippen LogP contribution in [-0.2, 0) is 4.79 Å². The van der Waals surface area contributed by atoms with Crippen molar-refractivity contribution in [1.82, 2.24) is 10.2 Å². The molecule has 0 atom stereocenters. The molecule has 1 heterocycles. The number of nitrogens with one attached hydrogen (secondary N) is 1. The van der Waals surface area contributed by atoms with Crippen molar-refractivity contribution < 1.29 is 4.79 Å². The minimum absolute atomic E-state index is 0.146. The Labute approximate surface area is 111 Å². The van der Waals surface area contributed by atoms with Gasteiger partial charge < -0.3 is 10.2 Å². The highest BCUT2D eigenvalue weighted by Gasteiger charge is 2.24. The molecule has 104 valence electrons. The zero-order valence-corrected chi connectivity index (χ0v) is 12.0. The average Bonchev–Trinajstić information content (AvgIpc) is 2.89. The van der Waals surface area contributed by atoms with Gasteiger partial charge in [-0.05, 0) is 38.1 Å². The maximum atomic E-state index is 11.9. The maximum Gasteiger partial charge on any atom is 0.225 e. The molecular formula is C15H28N2O. The zero-order chi connectivity index (χ0) is 13.0. The molecule has 0 bridgehead atoms. The maximum absolute atomic E-state index is 11.9. The lowest BCUT2D eigenvalue weighted by Gasteiger charge is -2.34. The molecule has 0 aromatic carbocycles. The van der Waals surface area contributed by atoms with Crippen molar-refractivity contribution in [2.75, 3.05) is 19.6 Å². The predicted octanol–water partition coefficient (Wildman–Crippen LogP) is 2.41. The number of hydrogen-bond acceptors (Lipinski definition) is 2. The Morgan fingerprint density at radius 1 is 1.17 bits per heavy atom. The third-order valence-corrected chi connectivity index (χ3v) is 4.47. The molecule has 0 unspecified atom stereocenters. The number of likely N-dealkylation sites (tertiary alicyclic amines) is 1. The van der Waals surface area contributed by atoms with Gasteiger partial charge in [0, 0.05) is 25.0 Å². The molecule has 0 aromatic rings. The van der Waals surface area contributed by atoms with Crippen molar-refractivity contribution in [1.29, 1.82) is 0 Å². The molecular weight excluding hydrogens is 224 g/mol. The first kappa shape index (κ1) is 13.9. The molecule has 0 aromatic heterocycles. The van der Waals surface area contributed by atoms with Gasteiger partial charge in [0.05, 0.1) is 0 Å². The van der Waals surface area contributed by atoms with Crippen LogP contribution in [0.4, 0.5) is 0 Å². The molecule has 2 fully saturated rings. The van der Waals surface area contributed by atoms with E-state index in [1.165, 1.54) is 32.2 Å². The van der Waals surface area contributed by atoms with Gasteiger partial charge in [0.25, 0.3) is 0 Å². The summed E-state index contributed by atoms with van der Waals surface area (Å²) < 4.78 is 0. The fourth-order valence-corrected chi connectivity index (χ4v) is 3.22. The van der Waals surface area contributed by atoms with Gasteiger partial charge in [-0.3, -0.25) is 4.79 Å². The summed E-state index contributed by atoms with van der Waals surface area (Å²) in [6, 6.07) is 0.641. The zero-order valence-electron chi connectivity index (χ0n) is 12.0. The summed E-state index contributed by atoms with van der Waals surface area (Å²) in [4.78, 5) is 13.9. The molecule has 1 amide bonds. The first-order valence-electron chi connectivity index (χ1n) is 7.69. The Balaban J connectivity index is 1.65. The highest BCUT2D eigenvalue weighted by Crippen LogP contribution is 2.24. The predicted molar refractivity (Wildman–Crippen MR) is 74.4 cm³/mol. The summed E-state index contributed by atoms with van der Waals surface area (Å²) in [5.74, 6) is 1.39. The lowest BCUT2D eigenvalue weighted by molar-refractivity contribution is -0.135. The number of piperidine rings is 1. The molecule has 2 aliphatic rings. The molecule has 1 aliphatic carbocycles. The number of nitrogens with zero attached hydrogens (tertiary/aromatic N) is 1. The van der Waals surface area contributed by atoms with E-state index in [9.17, 15) is 4.79 Å².